The Morgan fingerprint density at radius 1 is 0.681 bits per heavy atom. The van der Waals surface area contributed by atoms with Crippen LogP contribution in [-0.2, 0) is 56.0 Å². The van der Waals surface area contributed by atoms with Crippen LogP contribution in [0.3, 0.4) is 0 Å². The number of hydrogen-bond donors (Lipinski definition) is 12. The largest absolute Gasteiger partial charge is 0.480 e. The number of benzene rings is 2. The van der Waals surface area contributed by atoms with Gasteiger partial charge in [0.15, 0.2) is 0 Å². The van der Waals surface area contributed by atoms with E-state index in [1.165, 1.54) is 4.90 Å². The lowest BCUT2D eigenvalue weighted by molar-refractivity contribution is -0.144. The number of hydrogen-bond acceptors (Lipinski definition) is 12. The van der Waals surface area contributed by atoms with Crippen molar-refractivity contribution in [1.82, 2.24) is 47.1 Å². The average molecular weight is 1040 g/mol. The fourth-order valence-electron chi connectivity index (χ4n) is 8.36. The first kappa shape index (κ1) is 58.4. The number of aliphatic carboxylic acids is 1. The number of nitrogens with one attached hydrogen (secondary N) is 8. The molecule has 0 saturated carbocycles. The second kappa shape index (κ2) is 28.2. The van der Waals surface area contributed by atoms with E-state index in [9.17, 15) is 48.3 Å². The maximum atomic E-state index is 14.3. The fourth-order valence-corrected chi connectivity index (χ4v) is 8.78. The highest BCUT2D eigenvalue weighted by molar-refractivity contribution is 7.80. The van der Waals surface area contributed by atoms with Gasteiger partial charge in [-0.2, -0.15) is 25.3 Å². The molecule has 0 radical (unpaired) electrons. The number of carboxylic acids is 1. The summed E-state index contributed by atoms with van der Waals surface area (Å²) in [5.41, 5.74) is 7.94. The molecule has 20 nitrogen and oxygen atoms in total. The Kier molecular flexibility index (Phi) is 22.9. The summed E-state index contributed by atoms with van der Waals surface area (Å²) in [6, 6.07) is 7.04. The van der Waals surface area contributed by atoms with E-state index in [2.05, 4.69) is 67.5 Å². The van der Waals surface area contributed by atoms with Crippen LogP contribution in [0.2, 0.25) is 0 Å². The predicted octanol–water partition coefficient (Wildman–Crippen LogP) is 0.989. The van der Waals surface area contributed by atoms with Crippen molar-refractivity contribution in [1.29, 1.82) is 0 Å². The molecule has 22 heteroatoms. The minimum atomic E-state index is -1.25. The number of aromatic amines is 1. The number of para-hydroxylation sites is 1. The van der Waals surface area contributed by atoms with Crippen molar-refractivity contribution in [2.75, 3.05) is 24.6 Å². The Morgan fingerprint density at radius 2 is 1.24 bits per heavy atom. The van der Waals surface area contributed by atoms with Crippen molar-refractivity contribution in [3.05, 3.63) is 71.9 Å². The Bertz CT molecular complexity index is 2370. The lowest BCUT2D eigenvalue weighted by atomic mass is 9.99. The first-order valence-electron chi connectivity index (χ1n) is 24.3. The Morgan fingerprint density at radius 3 is 1.81 bits per heavy atom. The number of carbonyl (C=O) groups excluding carboxylic acids is 8. The molecule has 1 aliphatic rings. The van der Waals surface area contributed by atoms with Crippen molar-refractivity contribution in [2.45, 2.75) is 128 Å². The van der Waals surface area contributed by atoms with E-state index in [1.807, 2.05) is 52.0 Å². The molecular weight excluding hydrogens is 965 g/mol. The lowest BCUT2D eigenvalue weighted by Gasteiger charge is -2.31. The first-order chi connectivity index (χ1) is 34.1. The highest BCUT2D eigenvalue weighted by atomic mass is 32.1. The molecule has 1 aromatic heterocycles. The van der Waals surface area contributed by atoms with Crippen molar-refractivity contribution < 1.29 is 48.3 Å². The fraction of sp³-hybridized carbons (Fsp3) is 0.540. The van der Waals surface area contributed by atoms with Gasteiger partial charge < -0.3 is 57.9 Å². The molecule has 4 rings (SSSR count). The van der Waals surface area contributed by atoms with Crippen LogP contribution in [0.15, 0.2) is 60.8 Å². The van der Waals surface area contributed by atoms with Gasteiger partial charge in [0.05, 0.1) is 12.6 Å². The highest BCUT2D eigenvalue weighted by Gasteiger charge is 2.40. The van der Waals surface area contributed by atoms with Crippen LogP contribution in [0, 0.1) is 17.8 Å². The number of nitrogens with two attached hydrogens (primary N) is 1. The van der Waals surface area contributed by atoms with E-state index in [0.717, 1.165) is 10.9 Å². The van der Waals surface area contributed by atoms with Crippen LogP contribution >= 0.6 is 25.3 Å². The van der Waals surface area contributed by atoms with Gasteiger partial charge >= 0.3 is 5.97 Å². The van der Waals surface area contributed by atoms with Crippen LogP contribution in [0.4, 0.5) is 0 Å². The molecule has 11 N–H and O–H groups in total. The molecule has 2 aromatic carbocycles. The number of likely N-dealkylation sites (tertiary alicyclic amines) is 1. The van der Waals surface area contributed by atoms with Crippen molar-refractivity contribution >= 4 is 89.4 Å². The number of H-pyrrole nitrogens is 1. The number of amides is 8. The van der Waals surface area contributed by atoms with Gasteiger partial charge in [-0.1, -0.05) is 90.1 Å². The molecule has 0 spiro atoms. The molecule has 0 aliphatic carbocycles. The minimum Gasteiger partial charge on any atom is -0.480 e. The molecule has 394 valence electrons. The molecule has 1 saturated heterocycles. The summed E-state index contributed by atoms with van der Waals surface area (Å²) in [6.07, 6.45) is 2.72. The predicted molar refractivity (Wildman–Crippen MR) is 279 cm³/mol. The van der Waals surface area contributed by atoms with Gasteiger partial charge in [-0.25, -0.2) is 4.79 Å². The monoisotopic (exact) mass is 1040 g/mol. The third-order valence-electron chi connectivity index (χ3n) is 12.2. The van der Waals surface area contributed by atoms with Crippen LogP contribution < -0.4 is 43.0 Å². The standard InChI is InChI=1S/C50H72N10O10S2/c1-27(2)19-35(56-46(65)38(54-41(61)24-53-43(62)33(51)25-71)22-31-23-52-34-16-11-10-15-32(31)34)44(63)55-36(20-28(3)4)45(64)58-39(26-72)49(68)60-18-12-17-40(60)48(67)57-37(21-30-13-8-7-9-14-30)47(66)59-42(29(5)6)50(69)70/h7-11,13-16,23,27-29,33,35-40,42,52,71-72H,12,17-22,24-26,51H2,1-6H3,(H,53,62)(H,54,61)(H,55,63)(H,56,65)(H,57,67)(H,58,64)(H,59,66)(H,69,70)/t33-,35-,36-,37-,38-,39-,40-,42-/m0/s1. The zero-order chi connectivity index (χ0) is 53.2. The van der Waals surface area contributed by atoms with E-state index in [4.69, 9.17) is 5.73 Å². The normalized spacial score (nSPS) is 16.4. The first-order valence-corrected chi connectivity index (χ1v) is 25.6. The summed E-state index contributed by atoms with van der Waals surface area (Å²) in [5.74, 6) is -7.42. The third-order valence-corrected chi connectivity index (χ3v) is 12.9. The van der Waals surface area contributed by atoms with Gasteiger partial charge in [-0.3, -0.25) is 38.4 Å². The quantitative estimate of drug-likeness (QED) is 0.0478. The summed E-state index contributed by atoms with van der Waals surface area (Å²) in [6.45, 7) is 10.4. The van der Waals surface area contributed by atoms with E-state index in [1.54, 1.807) is 50.4 Å². The topological polar surface area (TPSA) is 303 Å². The molecule has 0 unspecified atom stereocenters. The minimum absolute atomic E-state index is 0.00781. The molecule has 2 heterocycles. The molecule has 72 heavy (non-hydrogen) atoms. The summed E-state index contributed by atoms with van der Waals surface area (Å²) in [4.78, 5) is 126. The molecule has 3 aromatic rings. The SMILES string of the molecule is CC(C)C[C@H](NC(=O)[C@H](Cc1c[nH]c2ccccc12)NC(=O)CNC(=O)[C@@H](N)CS)C(=O)N[C@@H](CC(C)C)C(=O)N[C@@H](CS)C(=O)N1CCC[C@H]1C(=O)N[C@@H](Cc1ccccc1)C(=O)N[C@H](C(=O)O)C(C)C. The number of carboxylic acid groups (broad SMARTS) is 1. The molecular formula is C50H72N10O10S2. The number of fused-ring (bicyclic) bond motifs is 1. The number of thiol groups is 2. The summed E-state index contributed by atoms with van der Waals surface area (Å²) < 4.78 is 0. The zero-order valence-electron chi connectivity index (χ0n) is 41.7. The van der Waals surface area contributed by atoms with E-state index in [-0.39, 0.29) is 62.0 Å². The van der Waals surface area contributed by atoms with Crippen LogP contribution in [-0.4, -0.2) is 141 Å². The maximum absolute atomic E-state index is 14.3. The number of aromatic nitrogens is 1. The van der Waals surface area contributed by atoms with Crippen molar-refractivity contribution in [2.24, 2.45) is 23.5 Å². The zero-order valence-corrected chi connectivity index (χ0v) is 43.5. The van der Waals surface area contributed by atoms with Gasteiger partial charge in [0.25, 0.3) is 0 Å². The smallest absolute Gasteiger partial charge is 0.326 e. The molecule has 0 bridgehead atoms. The van der Waals surface area contributed by atoms with Crippen LogP contribution in [0.25, 0.3) is 10.9 Å². The van der Waals surface area contributed by atoms with Gasteiger partial charge in [0.1, 0.15) is 42.3 Å². The van der Waals surface area contributed by atoms with E-state index in [0.29, 0.717) is 17.5 Å². The third kappa shape index (κ3) is 17.3. The van der Waals surface area contributed by atoms with Gasteiger partial charge in [0, 0.05) is 48.0 Å². The highest BCUT2D eigenvalue weighted by Crippen LogP contribution is 2.22. The van der Waals surface area contributed by atoms with Gasteiger partial charge in [-0.05, 0) is 60.6 Å². The average Bonchev–Trinajstić information content (AvgIpc) is 4.00. The van der Waals surface area contributed by atoms with Crippen LogP contribution in [0.1, 0.15) is 78.4 Å². The Labute approximate surface area is 431 Å². The Hall–Kier alpha value is -6.13. The number of rotatable bonds is 27. The van der Waals surface area contributed by atoms with E-state index >= 15 is 0 Å². The maximum Gasteiger partial charge on any atom is 0.326 e. The second-order valence-electron chi connectivity index (χ2n) is 19.3. The summed E-state index contributed by atoms with van der Waals surface area (Å²) in [7, 11) is 0. The Balaban J connectivity index is 1.50. The number of carbonyl (C=O) groups is 9. The van der Waals surface area contributed by atoms with Crippen molar-refractivity contribution in [3.8, 4) is 0 Å². The molecule has 1 aliphatic heterocycles. The van der Waals surface area contributed by atoms with Gasteiger partial charge in [0.2, 0.25) is 47.3 Å². The van der Waals surface area contributed by atoms with Crippen LogP contribution in [0.5, 0.6) is 0 Å². The lowest BCUT2D eigenvalue weighted by Crippen LogP contribution is -2.60. The number of nitrogens with zero attached hydrogens (tertiary/aromatic N) is 1. The summed E-state index contributed by atoms with van der Waals surface area (Å²) in [5, 5.41) is 29.3. The summed E-state index contributed by atoms with van der Waals surface area (Å²) >= 11 is 8.42. The van der Waals surface area contributed by atoms with Crippen molar-refractivity contribution in [3.63, 3.8) is 0 Å². The molecule has 8 amide bonds. The molecule has 8 atom stereocenters. The second-order valence-corrected chi connectivity index (χ2v) is 20.1. The van der Waals surface area contributed by atoms with E-state index < -0.39 is 114 Å². The molecule has 1 fully saturated rings. The van der Waals surface area contributed by atoms with Gasteiger partial charge in [-0.15, -0.1) is 0 Å².